The number of aromatic nitrogens is 1. The topological polar surface area (TPSA) is 30.0 Å². The molecule has 0 fully saturated rings. The van der Waals surface area contributed by atoms with Gasteiger partial charge in [-0.1, -0.05) is 11.6 Å². The predicted octanol–water partition coefficient (Wildman–Crippen LogP) is 2.79. The van der Waals surface area contributed by atoms with Crippen molar-refractivity contribution in [3.63, 3.8) is 0 Å². The monoisotopic (exact) mass is 205 g/mol. The fourth-order valence-corrected chi connectivity index (χ4v) is 1.04. The molecule has 0 spiro atoms. The van der Waals surface area contributed by atoms with E-state index in [1.807, 2.05) is 0 Å². The van der Waals surface area contributed by atoms with Crippen molar-refractivity contribution in [1.29, 1.82) is 0 Å². The van der Waals surface area contributed by atoms with Crippen molar-refractivity contribution < 1.29 is 13.6 Å². The van der Waals surface area contributed by atoms with Crippen LogP contribution in [0.5, 0.6) is 0 Å². The number of hydrogen-bond donors (Lipinski definition) is 0. The maximum Gasteiger partial charge on any atom is 0.281 e. The molecule has 1 rings (SSSR count). The standard InChI is InChI=1S/C8H6ClF2NO/c1-4-2-5(3-13)6(8(10)11)12-7(4)9/h2-3,8H,1H3. The molecular weight excluding hydrogens is 200 g/mol. The van der Waals surface area contributed by atoms with Crippen LogP contribution in [0, 0.1) is 6.92 Å². The number of carbonyl (C=O) groups is 1. The summed E-state index contributed by atoms with van der Waals surface area (Å²) in [7, 11) is 0. The second-order valence-corrected chi connectivity index (χ2v) is 2.85. The van der Waals surface area contributed by atoms with E-state index in [1.54, 1.807) is 6.92 Å². The zero-order valence-corrected chi connectivity index (χ0v) is 7.48. The first-order valence-electron chi connectivity index (χ1n) is 3.46. The summed E-state index contributed by atoms with van der Waals surface area (Å²) < 4.78 is 24.5. The molecule has 0 aliphatic rings. The number of aryl methyl sites for hydroxylation is 1. The Morgan fingerprint density at radius 3 is 2.69 bits per heavy atom. The lowest BCUT2D eigenvalue weighted by atomic mass is 10.1. The second-order valence-electron chi connectivity index (χ2n) is 2.49. The largest absolute Gasteiger partial charge is 0.298 e. The number of halogens is 3. The van der Waals surface area contributed by atoms with Crippen molar-refractivity contribution in [3.05, 3.63) is 28.0 Å². The van der Waals surface area contributed by atoms with Crippen LogP contribution in [0.3, 0.4) is 0 Å². The van der Waals surface area contributed by atoms with Gasteiger partial charge in [-0.15, -0.1) is 0 Å². The van der Waals surface area contributed by atoms with Gasteiger partial charge in [0.2, 0.25) is 0 Å². The average Bonchev–Trinajstić information content (AvgIpc) is 2.08. The molecule has 5 heteroatoms. The van der Waals surface area contributed by atoms with Crippen LogP contribution in [-0.2, 0) is 0 Å². The number of nitrogens with zero attached hydrogens (tertiary/aromatic N) is 1. The van der Waals surface area contributed by atoms with E-state index in [0.29, 0.717) is 11.8 Å². The number of pyridine rings is 1. The number of aldehydes is 1. The molecule has 0 aliphatic heterocycles. The Hall–Kier alpha value is -1.03. The highest BCUT2D eigenvalue weighted by molar-refractivity contribution is 6.30. The van der Waals surface area contributed by atoms with Crippen LogP contribution < -0.4 is 0 Å². The number of rotatable bonds is 2. The molecule has 2 nitrogen and oxygen atoms in total. The van der Waals surface area contributed by atoms with E-state index >= 15 is 0 Å². The highest BCUT2D eigenvalue weighted by atomic mass is 35.5. The highest BCUT2D eigenvalue weighted by Crippen LogP contribution is 2.23. The molecule has 0 N–H and O–H groups in total. The van der Waals surface area contributed by atoms with Gasteiger partial charge in [0, 0.05) is 5.56 Å². The Bertz CT molecular complexity index is 341. The third-order valence-corrected chi connectivity index (χ3v) is 1.93. The van der Waals surface area contributed by atoms with Crippen LogP contribution >= 0.6 is 11.6 Å². The van der Waals surface area contributed by atoms with Gasteiger partial charge in [-0.3, -0.25) is 4.79 Å². The van der Waals surface area contributed by atoms with E-state index in [4.69, 9.17) is 11.6 Å². The van der Waals surface area contributed by atoms with Crippen LogP contribution in [0.1, 0.15) is 28.0 Å². The summed E-state index contributed by atoms with van der Waals surface area (Å²) in [5.41, 5.74) is -0.171. The molecule has 0 saturated heterocycles. The lowest BCUT2D eigenvalue weighted by molar-refractivity contribution is 0.110. The Morgan fingerprint density at radius 2 is 2.23 bits per heavy atom. The Labute approximate surface area is 78.5 Å². The van der Waals surface area contributed by atoms with Gasteiger partial charge in [-0.05, 0) is 18.6 Å². The summed E-state index contributed by atoms with van der Waals surface area (Å²) in [4.78, 5) is 13.8. The van der Waals surface area contributed by atoms with Crippen molar-refractivity contribution in [2.24, 2.45) is 0 Å². The van der Waals surface area contributed by atoms with Crippen LogP contribution in [-0.4, -0.2) is 11.3 Å². The molecule has 13 heavy (non-hydrogen) atoms. The molecule has 0 unspecified atom stereocenters. The van der Waals surface area contributed by atoms with Gasteiger partial charge in [-0.2, -0.15) is 0 Å². The lowest BCUT2D eigenvalue weighted by Gasteiger charge is -2.04. The Balaban J connectivity index is 3.32. The minimum absolute atomic E-state index is 0.000833. The van der Waals surface area contributed by atoms with Crippen molar-refractivity contribution in [2.75, 3.05) is 0 Å². The number of hydrogen-bond acceptors (Lipinski definition) is 2. The summed E-state index contributed by atoms with van der Waals surface area (Å²) in [6.07, 6.45) is -2.43. The SMILES string of the molecule is Cc1cc(C=O)c(C(F)F)nc1Cl. The molecular formula is C8H6ClF2NO. The summed E-state index contributed by atoms with van der Waals surface area (Å²) in [5.74, 6) is 0. The van der Waals surface area contributed by atoms with Crippen LogP contribution in [0.4, 0.5) is 8.78 Å². The first kappa shape index (κ1) is 10.1. The summed E-state index contributed by atoms with van der Waals surface area (Å²) in [6.45, 7) is 1.59. The quantitative estimate of drug-likeness (QED) is 0.549. The van der Waals surface area contributed by atoms with Crippen molar-refractivity contribution >= 4 is 17.9 Å². The summed E-state index contributed by atoms with van der Waals surface area (Å²) in [6, 6.07) is 1.30. The van der Waals surface area contributed by atoms with Gasteiger partial charge >= 0.3 is 0 Å². The van der Waals surface area contributed by atoms with E-state index in [2.05, 4.69) is 4.98 Å². The van der Waals surface area contributed by atoms with Crippen LogP contribution in [0.2, 0.25) is 5.15 Å². The van der Waals surface area contributed by atoms with E-state index in [-0.39, 0.29) is 10.7 Å². The molecule has 1 heterocycles. The zero-order chi connectivity index (χ0) is 10.0. The average molecular weight is 206 g/mol. The van der Waals surface area contributed by atoms with Gasteiger partial charge in [0.05, 0.1) is 0 Å². The summed E-state index contributed by atoms with van der Waals surface area (Å²) >= 11 is 5.53. The third kappa shape index (κ3) is 2.01. The van der Waals surface area contributed by atoms with Crippen molar-refractivity contribution in [1.82, 2.24) is 4.98 Å². The van der Waals surface area contributed by atoms with Crippen molar-refractivity contribution in [2.45, 2.75) is 13.3 Å². The Morgan fingerprint density at radius 1 is 1.62 bits per heavy atom. The Kier molecular flexibility index (Phi) is 2.93. The van der Waals surface area contributed by atoms with Gasteiger partial charge in [0.25, 0.3) is 6.43 Å². The van der Waals surface area contributed by atoms with Crippen LogP contribution in [0.25, 0.3) is 0 Å². The van der Waals surface area contributed by atoms with Gasteiger partial charge in [0.1, 0.15) is 10.8 Å². The second kappa shape index (κ2) is 3.79. The molecule has 0 aliphatic carbocycles. The molecule has 0 amide bonds. The fourth-order valence-electron chi connectivity index (χ4n) is 0.894. The molecule has 0 saturated carbocycles. The molecule has 0 radical (unpaired) electrons. The molecule has 0 atom stereocenters. The number of alkyl halides is 2. The lowest BCUT2D eigenvalue weighted by Crippen LogP contribution is -1.99. The zero-order valence-electron chi connectivity index (χ0n) is 6.72. The molecule has 70 valence electrons. The molecule has 1 aromatic rings. The van der Waals surface area contributed by atoms with Crippen molar-refractivity contribution in [3.8, 4) is 0 Å². The van der Waals surface area contributed by atoms with E-state index in [9.17, 15) is 13.6 Å². The predicted molar refractivity (Wildman–Crippen MR) is 44.3 cm³/mol. The maximum absolute atomic E-state index is 12.2. The first-order valence-corrected chi connectivity index (χ1v) is 3.84. The minimum Gasteiger partial charge on any atom is -0.298 e. The number of carbonyl (C=O) groups excluding carboxylic acids is 1. The first-order chi connectivity index (χ1) is 6.06. The molecule has 0 aromatic carbocycles. The molecule has 1 aromatic heterocycles. The van der Waals surface area contributed by atoms with Gasteiger partial charge in [0.15, 0.2) is 6.29 Å². The summed E-state index contributed by atoms with van der Waals surface area (Å²) in [5, 5.41) is 0.000833. The van der Waals surface area contributed by atoms with Gasteiger partial charge in [-0.25, -0.2) is 13.8 Å². The normalized spacial score (nSPS) is 10.5. The highest BCUT2D eigenvalue weighted by Gasteiger charge is 2.16. The van der Waals surface area contributed by atoms with E-state index in [1.165, 1.54) is 6.07 Å². The van der Waals surface area contributed by atoms with E-state index < -0.39 is 12.1 Å². The van der Waals surface area contributed by atoms with Gasteiger partial charge < -0.3 is 0 Å². The maximum atomic E-state index is 12.2. The van der Waals surface area contributed by atoms with Crippen LogP contribution in [0.15, 0.2) is 6.07 Å². The minimum atomic E-state index is -2.78. The third-order valence-electron chi connectivity index (χ3n) is 1.55. The molecule has 0 bridgehead atoms. The smallest absolute Gasteiger partial charge is 0.281 e. The fraction of sp³-hybridized carbons (Fsp3) is 0.250. The van der Waals surface area contributed by atoms with E-state index in [0.717, 1.165) is 0 Å².